The average molecular weight is 317 g/mol. The van der Waals surface area contributed by atoms with E-state index in [2.05, 4.69) is 12.0 Å². The Balaban J connectivity index is 2.16. The van der Waals surface area contributed by atoms with Crippen LogP contribution < -0.4 is 11.1 Å². The van der Waals surface area contributed by atoms with Gasteiger partial charge in [-0.25, -0.2) is 4.68 Å². The summed E-state index contributed by atoms with van der Waals surface area (Å²) >= 11 is 0. The zero-order chi connectivity index (χ0) is 16.8. The summed E-state index contributed by atoms with van der Waals surface area (Å²) in [4.78, 5) is 38.4. The van der Waals surface area contributed by atoms with Crippen molar-refractivity contribution in [3.63, 3.8) is 0 Å². The molecule has 0 saturated carbocycles. The molecule has 124 valence electrons. The van der Waals surface area contributed by atoms with Crippen molar-refractivity contribution in [1.82, 2.24) is 14.7 Å². The van der Waals surface area contributed by atoms with Gasteiger partial charge in [-0.3, -0.25) is 19.5 Å². The molecule has 2 rings (SSSR count). The summed E-state index contributed by atoms with van der Waals surface area (Å²) in [6, 6.07) is 6.69. The first-order chi connectivity index (χ1) is 11.1. The lowest BCUT2D eigenvalue weighted by molar-refractivity contribution is -0.131. The minimum absolute atomic E-state index is 0.00172. The number of fused-ring (bicyclic) bond motifs is 1. The fourth-order valence-corrected chi connectivity index (χ4v) is 2.58. The molecule has 0 unspecified atom stereocenters. The second-order valence-electron chi connectivity index (χ2n) is 5.52. The SMILES string of the molecule is CCCCN(CC)C(=O)CCn1[nH]c(=O)c2ccccc2c1=O. The molecule has 0 radical (unpaired) electrons. The molecule has 0 bridgehead atoms. The van der Waals surface area contributed by atoms with Gasteiger partial charge in [-0.2, -0.15) is 0 Å². The van der Waals surface area contributed by atoms with Crippen molar-refractivity contribution in [2.24, 2.45) is 0 Å². The molecule has 1 aromatic heterocycles. The monoisotopic (exact) mass is 317 g/mol. The molecule has 0 aliphatic carbocycles. The van der Waals surface area contributed by atoms with Crippen LogP contribution in [0.4, 0.5) is 0 Å². The number of benzene rings is 1. The summed E-state index contributed by atoms with van der Waals surface area (Å²) in [5.74, 6) is 0.00172. The predicted octanol–water partition coefficient (Wildman–Crippen LogP) is 1.73. The maximum Gasteiger partial charge on any atom is 0.273 e. The Kier molecular flexibility index (Phi) is 5.73. The van der Waals surface area contributed by atoms with Crippen molar-refractivity contribution < 1.29 is 4.79 Å². The smallest absolute Gasteiger partial charge is 0.273 e. The van der Waals surface area contributed by atoms with Crippen molar-refractivity contribution in [1.29, 1.82) is 0 Å². The summed E-state index contributed by atoms with van der Waals surface area (Å²) in [5.41, 5.74) is -0.587. The maximum atomic E-state index is 12.4. The zero-order valence-electron chi connectivity index (χ0n) is 13.7. The Morgan fingerprint density at radius 3 is 2.52 bits per heavy atom. The number of nitrogens with zero attached hydrogens (tertiary/aromatic N) is 2. The maximum absolute atomic E-state index is 12.4. The topological polar surface area (TPSA) is 75.2 Å². The summed E-state index contributed by atoms with van der Waals surface area (Å²) in [6.07, 6.45) is 2.19. The Morgan fingerprint density at radius 1 is 1.17 bits per heavy atom. The van der Waals surface area contributed by atoms with E-state index >= 15 is 0 Å². The van der Waals surface area contributed by atoms with Gasteiger partial charge in [-0.05, 0) is 25.5 Å². The van der Waals surface area contributed by atoms with E-state index in [4.69, 9.17) is 0 Å². The van der Waals surface area contributed by atoms with Gasteiger partial charge in [0.2, 0.25) is 5.91 Å². The van der Waals surface area contributed by atoms with Crippen LogP contribution in [0.5, 0.6) is 0 Å². The minimum atomic E-state index is -0.314. The van der Waals surface area contributed by atoms with E-state index < -0.39 is 0 Å². The predicted molar refractivity (Wildman–Crippen MR) is 90.6 cm³/mol. The molecule has 1 N–H and O–H groups in total. The van der Waals surface area contributed by atoms with Crippen LogP contribution in [-0.4, -0.2) is 33.7 Å². The number of nitrogens with one attached hydrogen (secondary N) is 1. The zero-order valence-corrected chi connectivity index (χ0v) is 13.7. The Hall–Kier alpha value is -2.37. The lowest BCUT2D eigenvalue weighted by Gasteiger charge is -2.20. The lowest BCUT2D eigenvalue weighted by Crippen LogP contribution is -2.35. The summed E-state index contributed by atoms with van der Waals surface area (Å²) in [5, 5.41) is 3.30. The van der Waals surface area contributed by atoms with Crippen molar-refractivity contribution in [2.45, 2.75) is 39.7 Å². The van der Waals surface area contributed by atoms with Gasteiger partial charge in [0.05, 0.1) is 17.3 Å². The molecule has 1 amide bonds. The molecule has 1 aromatic carbocycles. The molecule has 0 aliphatic rings. The molecule has 2 aromatic rings. The van der Waals surface area contributed by atoms with Crippen molar-refractivity contribution in [3.8, 4) is 0 Å². The molecular formula is C17H23N3O3. The number of aromatic nitrogens is 2. The first-order valence-corrected chi connectivity index (χ1v) is 8.08. The minimum Gasteiger partial charge on any atom is -0.343 e. The van der Waals surface area contributed by atoms with Crippen molar-refractivity contribution in [2.75, 3.05) is 13.1 Å². The van der Waals surface area contributed by atoms with Crippen LogP contribution in [0.2, 0.25) is 0 Å². The number of amides is 1. The summed E-state index contributed by atoms with van der Waals surface area (Å²) in [7, 11) is 0. The third kappa shape index (κ3) is 3.88. The van der Waals surface area contributed by atoms with Crippen LogP contribution in [0.15, 0.2) is 33.9 Å². The molecule has 0 spiro atoms. The van der Waals surface area contributed by atoms with Crippen LogP contribution in [0.25, 0.3) is 10.8 Å². The van der Waals surface area contributed by atoms with Gasteiger partial charge in [0.15, 0.2) is 0 Å². The normalized spacial score (nSPS) is 10.9. The number of hydrogen-bond acceptors (Lipinski definition) is 3. The van der Waals surface area contributed by atoms with Crippen molar-refractivity contribution >= 4 is 16.7 Å². The van der Waals surface area contributed by atoms with Crippen LogP contribution in [0.1, 0.15) is 33.1 Å². The van der Waals surface area contributed by atoms with Gasteiger partial charge in [-0.1, -0.05) is 25.5 Å². The van der Waals surface area contributed by atoms with Crippen LogP contribution >= 0.6 is 0 Å². The van der Waals surface area contributed by atoms with Gasteiger partial charge in [0, 0.05) is 19.5 Å². The standard InChI is InChI=1S/C17H23N3O3/c1-3-5-11-19(4-2)15(21)10-12-20-17(23)14-9-7-6-8-13(14)16(22)18-20/h6-9H,3-5,10-12H2,1-2H3,(H,18,22). The van der Waals surface area contributed by atoms with E-state index in [-0.39, 0.29) is 30.0 Å². The fourth-order valence-electron chi connectivity index (χ4n) is 2.58. The highest BCUT2D eigenvalue weighted by atomic mass is 16.2. The second-order valence-corrected chi connectivity index (χ2v) is 5.52. The van der Waals surface area contributed by atoms with E-state index in [1.807, 2.05) is 6.92 Å². The third-order valence-electron chi connectivity index (χ3n) is 3.95. The van der Waals surface area contributed by atoms with E-state index in [1.54, 1.807) is 29.2 Å². The highest BCUT2D eigenvalue weighted by Crippen LogP contribution is 2.03. The number of aromatic amines is 1. The largest absolute Gasteiger partial charge is 0.343 e. The molecule has 6 heteroatoms. The lowest BCUT2D eigenvalue weighted by atomic mass is 10.2. The Bertz CT molecular complexity index is 792. The summed E-state index contributed by atoms with van der Waals surface area (Å²) in [6.45, 7) is 5.59. The van der Waals surface area contributed by atoms with Crippen LogP contribution in [0.3, 0.4) is 0 Å². The first kappa shape index (κ1) is 17.0. The number of hydrogen-bond donors (Lipinski definition) is 1. The van der Waals surface area contributed by atoms with E-state index in [1.165, 1.54) is 4.68 Å². The fraction of sp³-hybridized carbons (Fsp3) is 0.471. The van der Waals surface area contributed by atoms with Gasteiger partial charge in [-0.15, -0.1) is 0 Å². The second kappa shape index (κ2) is 7.76. The number of aryl methyl sites for hydroxylation is 1. The van der Waals surface area contributed by atoms with E-state index in [0.29, 0.717) is 17.3 Å². The highest BCUT2D eigenvalue weighted by Gasteiger charge is 2.12. The molecular weight excluding hydrogens is 294 g/mol. The molecule has 0 aliphatic heterocycles. The quantitative estimate of drug-likeness (QED) is 0.845. The molecule has 6 nitrogen and oxygen atoms in total. The van der Waals surface area contributed by atoms with Gasteiger partial charge < -0.3 is 4.90 Å². The number of H-pyrrole nitrogens is 1. The first-order valence-electron chi connectivity index (χ1n) is 8.08. The highest BCUT2D eigenvalue weighted by molar-refractivity contribution is 5.80. The van der Waals surface area contributed by atoms with E-state index in [9.17, 15) is 14.4 Å². The van der Waals surface area contributed by atoms with Gasteiger partial charge in [0.25, 0.3) is 11.1 Å². The molecule has 23 heavy (non-hydrogen) atoms. The average Bonchev–Trinajstić information content (AvgIpc) is 2.57. The molecule has 0 fully saturated rings. The number of unbranched alkanes of at least 4 members (excludes halogenated alkanes) is 1. The third-order valence-corrected chi connectivity index (χ3v) is 3.95. The van der Waals surface area contributed by atoms with Crippen molar-refractivity contribution in [3.05, 3.63) is 45.0 Å². The number of rotatable bonds is 7. The van der Waals surface area contributed by atoms with Gasteiger partial charge in [0.1, 0.15) is 0 Å². The number of carbonyl (C=O) groups excluding carboxylic acids is 1. The van der Waals surface area contributed by atoms with E-state index in [0.717, 1.165) is 19.4 Å². The molecule has 0 atom stereocenters. The molecule has 0 saturated heterocycles. The van der Waals surface area contributed by atoms with Gasteiger partial charge >= 0.3 is 0 Å². The summed E-state index contributed by atoms with van der Waals surface area (Å²) < 4.78 is 1.23. The Morgan fingerprint density at radius 2 is 1.87 bits per heavy atom. The van der Waals surface area contributed by atoms with Crippen LogP contribution in [0, 0.1) is 0 Å². The number of carbonyl (C=O) groups is 1. The molecule has 1 heterocycles. The van der Waals surface area contributed by atoms with Crippen LogP contribution in [-0.2, 0) is 11.3 Å². The Labute approximate surface area is 134 Å².